The van der Waals surface area contributed by atoms with Crippen molar-refractivity contribution in [1.82, 2.24) is 0 Å². The van der Waals surface area contributed by atoms with Gasteiger partial charge in [0.25, 0.3) is 0 Å². The normalized spacial score (nSPS) is 10.5. The molecule has 0 unspecified atom stereocenters. The smallest absolute Gasteiger partial charge is 0.744 e. The Morgan fingerprint density at radius 1 is 0.742 bits per heavy atom. The molecule has 0 bridgehead atoms. The van der Waals surface area contributed by atoms with Crippen LogP contribution in [0.4, 0.5) is 11.4 Å². The molecule has 0 aliphatic heterocycles. The van der Waals surface area contributed by atoms with Crippen molar-refractivity contribution in [3.05, 3.63) is 47.5 Å². The number of nitrogens with zero attached hydrogens (tertiary/aromatic N) is 2. The summed E-state index contributed by atoms with van der Waals surface area (Å²) in [5, 5.41) is 4.10. The number of hydrogen-bond acceptors (Lipinski definition) is 10. The van der Waals surface area contributed by atoms with Gasteiger partial charge in [0.1, 0.15) is 20.2 Å². The number of isothiocyanates is 2. The molecule has 0 aliphatic rings. The first-order valence-corrected chi connectivity index (χ1v) is 10.7. The van der Waals surface area contributed by atoms with Crippen molar-refractivity contribution in [2.75, 3.05) is 0 Å². The molecule has 2 aromatic carbocycles. The summed E-state index contributed by atoms with van der Waals surface area (Å²) >= 11 is 8.87. The van der Waals surface area contributed by atoms with E-state index in [9.17, 15) is 25.9 Å². The first-order valence-electron chi connectivity index (χ1n) is 7.10. The number of rotatable bonds is 6. The molecule has 2 rings (SSSR count). The van der Waals surface area contributed by atoms with Gasteiger partial charge in [0.2, 0.25) is 0 Å². The SMILES string of the molecule is O.O=S(=O)([O-])c1cc(N=C=S)ccc1C=Cc1ccc(N=C=S)cc1S(=O)(=O)[O-].[Na+].[Na+]. The summed E-state index contributed by atoms with van der Waals surface area (Å²) < 4.78 is 69.1. The fourth-order valence-corrected chi connectivity index (χ4v) is 3.77. The molecule has 0 amide bonds. The molecule has 0 spiro atoms. The minimum absolute atomic E-state index is 0. The largest absolute Gasteiger partial charge is 1.00 e. The zero-order chi connectivity index (χ0) is 20.9. The third-order valence-corrected chi connectivity index (χ3v) is 5.29. The van der Waals surface area contributed by atoms with Crippen LogP contribution in [-0.4, -0.2) is 41.7 Å². The van der Waals surface area contributed by atoms with Crippen molar-refractivity contribution in [2.24, 2.45) is 9.98 Å². The van der Waals surface area contributed by atoms with E-state index in [1.54, 1.807) is 0 Å². The van der Waals surface area contributed by atoms with E-state index < -0.39 is 30.0 Å². The Bertz CT molecular complexity index is 1180. The van der Waals surface area contributed by atoms with E-state index in [4.69, 9.17) is 0 Å². The van der Waals surface area contributed by atoms with Crippen LogP contribution in [0.3, 0.4) is 0 Å². The maximum Gasteiger partial charge on any atom is 1.00 e. The van der Waals surface area contributed by atoms with Gasteiger partial charge < -0.3 is 14.6 Å². The number of aliphatic imine (C=N–C) groups is 2. The second-order valence-electron chi connectivity index (χ2n) is 5.09. The third-order valence-electron chi connectivity index (χ3n) is 3.32. The molecule has 2 aromatic rings. The Morgan fingerprint density at radius 3 is 1.32 bits per heavy atom. The van der Waals surface area contributed by atoms with Crippen LogP contribution in [0, 0.1) is 0 Å². The van der Waals surface area contributed by atoms with Gasteiger partial charge in [-0.2, -0.15) is 9.98 Å². The average molecular weight is 517 g/mol. The molecule has 0 heterocycles. The Labute approximate surface area is 233 Å². The zero-order valence-electron chi connectivity index (χ0n) is 16.1. The molecule has 0 saturated carbocycles. The number of hydrogen-bond donors (Lipinski definition) is 0. The van der Waals surface area contributed by atoms with Gasteiger partial charge in [-0.05, 0) is 59.8 Å². The Balaban J connectivity index is 0. The van der Waals surface area contributed by atoms with Crippen LogP contribution >= 0.6 is 24.4 Å². The van der Waals surface area contributed by atoms with E-state index in [0.29, 0.717) is 0 Å². The first-order chi connectivity index (χ1) is 13.1. The van der Waals surface area contributed by atoms with Crippen LogP contribution in [0.2, 0.25) is 0 Å². The minimum atomic E-state index is -4.87. The molecule has 152 valence electrons. The van der Waals surface area contributed by atoms with Crippen LogP contribution in [0.1, 0.15) is 11.1 Å². The summed E-state index contributed by atoms with van der Waals surface area (Å²) in [5.41, 5.74) is 0.140. The van der Waals surface area contributed by atoms with Gasteiger partial charge in [0, 0.05) is 0 Å². The molecule has 9 nitrogen and oxygen atoms in total. The van der Waals surface area contributed by atoms with E-state index in [-0.39, 0.29) is 87.1 Å². The summed E-state index contributed by atoms with van der Waals surface area (Å²) in [6.45, 7) is 0. The number of benzene rings is 2. The van der Waals surface area contributed by atoms with Crippen LogP contribution in [-0.2, 0) is 20.2 Å². The predicted molar refractivity (Wildman–Crippen MR) is 111 cm³/mol. The van der Waals surface area contributed by atoms with Gasteiger partial charge in [-0.1, -0.05) is 24.3 Å². The van der Waals surface area contributed by atoms with Crippen molar-refractivity contribution in [3.63, 3.8) is 0 Å². The maximum absolute atomic E-state index is 11.5. The van der Waals surface area contributed by atoms with Crippen molar-refractivity contribution in [1.29, 1.82) is 0 Å². The first kappa shape index (κ1) is 32.7. The minimum Gasteiger partial charge on any atom is -0.744 e. The van der Waals surface area contributed by atoms with Gasteiger partial charge in [0.05, 0.1) is 31.5 Å². The van der Waals surface area contributed by atoms with Crippen molar-refractivity contribution in [2.45, 2.75) is 9.79 Å². The Kier molecular flexibility index (Phi) is 14.7. The quantitative estimate of drug-likeness (QED) is 0.124. The molecule has 31 heavy (non-hydrogen) atoms. The molecule has 2 N–H and O–H groups in total. The van der Waals surface area contributed by atoms with Crippen LogP contribution in [0.15, 0.2) is 56.2 Å². The van der Waals surface area contributed by atoms with Crippen LogP contribution in [0.5, 0.6) is 0 Å². The summed E-state index contributed by atoms with van der Waals surface area (Å²) in [4.78, 5) is 6.02. The second-order valence-corrected chi connectivity index (χ2v) is 8.15. The summed E-state index contributed by atoms with van der Waals surface area (Å²) in [6.07, 6.45) is 2.36. The summed E-state index contributed by atoms with van der Waals surface area (Å²) in [6, 6.07) is 7.34. The second kappa shape index (κ2) is 14.0. The van der Waals surface area contributed by atoms with E-state index in [1.807, 2.05) is 0 Å². The fourth-order valence-electron chi connectivity index (χ4n) is 2.18. The molecule has 0 radical (unpaired) electrons. The zero-order valence-corrected chi connectivity index (χ0v) is 23.4. The fraction of sp³-hybridized carbons (Fsp3) is 0. The van der Waals surface area contributed by atoms with Crippen molar-refractivity contribution < 1.29 is 90.5 Å². The molecule has 0 aliphatic carbocycles. The molecule has 15 heteroatoms. The van der Waals surface area contributed by atoms with Gasteiger partial charge in [-0.25, -0.2) is 16.8 Å². The van der Waals surface area contributed by atoms with Gasteiger partial charge in [0.15, 0.2) is 0 Å². The van der Waals surface area contributed by atoms with Crippen LogP contribution in [0.25, 0.3) is 12.2 Å². The topological polar surface area (TPSA) is 171 Å². The van der Waals surface area contributed by atoms with E-state index >= 15 is 0 Å². The molecule has 0 saturated heterocycles. The van der Waals surface area contributed by atoms with E-state index in [1.165, 1.54) is 36.4 Å². The third kappa shape index (κ3) is 9.52. The Hall–Kier alpha value is -0.440. The van der Waals surface area contributed by atoms with E-state index in [2.05, 4.69) is 44.7 Å². The average Bonchev–Trinajstić information content (AvgIpc) is 2.60. The maximum atomic E-state index is 11.5. The predicted octanol–water partition coefficient (Wildman–Crippen LogP) is -3.68. The monoisotopic (exact) mass is 516 g/mol. The molecule has 0 aromatic heterocycles. The summed E-state index contributed by atoms with van der Waals surface area (Å²) in [5.74, 6) is 0. The van der Waals surface area contributed by atoms with Crippen molar-refractivity contribution in [3.8, 4) is 0 Å². The summed E-state index contributed by atoms with van der Waals surface area (Å²) in [7, 11) is -9.74. The molecular formula is C16H10N2Na2O7S4. The Morgan fingerprint density at radius 2 is 1.06 bits per heavy atom. The number of thiocarbonyl (C=S) groups is 2. The van der Waals surface area contributed by atoms with Gasteiger partial charge >= 0.3 is 59.1 Å². The van der Waals surface area contributed by atoms with Gasteiger partial charge in [-0.3, -0.25) is 0 Å². The van der Waals surface area contributed by atoms with Crippen molar-refractivity contribution >= 4 is 78.5 Å². The van der Waals surface area contributed by atoms with Gasteiger partial charge in [-0.15, -0.1) is 0 Å². The van der Waals surface area contributed by atoms with Crippen LogP contribution < -0.4 is 59.1 Å². The molecule has 0 fully saturated rings. The standard InChI is InChI=1S/C16H10N2O6S4.2Na.H2O/c19-27(20,21)15-7-13(17-9-25)5-3-11(15)1-2-12-4-6-14(18-10-26)8-16(12)28(22,23)24;;;/h1-8H,(H,19,20,21)(H,22,23,24);;;1H2/q;2*+1;/p-2. The van der Waals surface area contributed by atoms with E-state index in [0.717, 1.165) is 12.1 Å². The molecule has 0 atom stereocenters. The molecular weight excluding hydrogens is 506 g/mol.